The second-order valence-corrected chi connectivity index (χ2v) is 13.5. The second kappa shape index (κ2) is 15.2. The molecular weight excluding hydrogens is 689 g/mol. The van der Waals surface area contributed by atoms with Crippen molar-refractivity contribution in [2.45, 2.75) is 38.4 Å². The maximum Gasteiger partial charge on any atom is 0.262 e. The molecule has 0 radical (unpaired) electrons. The molecule has 2 amide bonds. The van der Waals surface area contributed by atoms with Crippen LogP contribution in [-0.4, -0.2) is 70.4 Å². The van der Waals surface area contributed by atoms with Crippen LogP contribution in [0, 0.1) is 0 Å². The number of methoxy groups -OCH3 is 1. The molecule has 0 spiro atoms. The van der Waals surface area contributed by atoms with Crippen molar-refractivity contribution >= 4 is 40.7 Å². The average molecular weight is 727 g/mol. The fourth-order valence-corrected chi connectivity index (χ4v) is 7.31. The molecular formula is C38H37Cl2N7O4. The predicted octanol–water partition coefficient (Wildman–Crippen LogP) is 5.10. The third-order valence-electron chi connectivity index (χ3n) is 9.38. The Morgan fingerprint density at radius 3 is 2.43 bits per heavy atom. The summed E-state index contributed by atoms with van der Waals surface area (Å²) in [5, 5.41) is 10.2. The highest BCUT2D eigenvalue weighted by atomic mass is 35.5. The van der Waals surface area contributed by atoms with E-state index in [9.17, 15) is 14.4 Å². The summed E-state index contributed by atoms with van der Waals surface area (Å²) < 4.78 is 7.18. The monoisotopic (exact) mass is 725 g/mol. The van der Waals surface area contributed by atoms with Gasteiger partial charge >= 0.3 is 0 Å². The SMILES string of the molecule is COc1nc(-c2cccc(-c3cccc(-c4ccn5c(=O)c(CN6CCNC(=O)CC6)cnc5c4)c3Cl)c2Cl)ccc1CNCC1CCC(=O)N1. The van der Waals surface area contributed by atoms with Gasteiger partial charge in [0.05, 0.1) is 28.4 Å². The number of nitrogens with zero attached hydrogens (tertiary/aromatic N) is 4. The lowest BCUT2D eigenvalue weighted by Gasteiger charge is -2.18. The van der Waals surface area contributed by atoms with Crippen molar-refractivity contribution < 1.29 is 14.3 Å². The van der Waals surface area contributed by atoms with Crippen LogP contribution in [0.25, 0.3) is 39.2 Å². The highest BCUT2D eigenvalue weighted by molar-refractivity contribution is 6.39. The van der Waals surface area contributed by atoms with E-state index in [0.29, 0.717) is 84.9 Å². The Morgan fingerprint density at radius 1 is 0.902 bits per heavy atom. The van der Waals surface area contributed by atoms with Crippen LogP contribution in [-0.2, 0) is 22.7 Å². The summed E-state index contributed by atoms with van der Waals surface area (Å²) in [6, 6.07) is 19.2. The van der Waals surface area contributed by atoms with Crippen LogP contribution in [0.4, 0.5) is 0 Å². The Labute approximate surface area is 305 Å². The molecule has 3 aromatic heterocycles. The summed E-state index contributed by atoms with van der Waals surface area (Å²) in [4.78, 5) is 48.1. The molecule has 2 aliphatic heterocycles. The number of hydrogen-bond donors (Lipinski definition) is 3. The Bertz CT molecular complexity index is 2190. The van der Waals surface area contributed by atoms with E-state index in [4.69, 9.17) is 32.9 Å². The van der Waals surface area contributed by atoms with Gasteiger partial charge in [-0.1, -0.05) is 65.7 Å². The van der Waals surface area contributed by atoms with Gasteiger partial charge in [-0.05, 0) is 30.2 Å². The molecule has 1 unspecified atom stereocenters. The molecule has 262 valence electrons. The van der Waals surface area contributed by atoms with Gasteiger partial charge in [0.25, 0.3) is 5.56 Å². The molecule has 2 saturated heterocycles. The van der Waals surface area contributed by atoms with Crippen LogP contribution in [0.2, 0.25) is 10.0 Å². The molecule has 2 fully saturated rings. The summed E-state index contributed by atoms with van der Waals surface area (Å²) in [7, 11) is 1.59. The first-order valence-electron chi connectivity index (χ1n) is 16.9. The van der Waals surface area contributed by atoms with Crippen molar-refractivity contribution in [1.82, 2.24) is 35.2 Å². The minimum Gasteiger partial charge on any atom is -0.481 e. The number of amides is 2. The zero-order valence-electron chi connectivity index (χ0n) is 28.0. The quantitative estimate of drug-likeness (QED) is 0.182. The molecule has 11 nitrogen and oxygen atoms in total. The van der Waals surface area contributed by atoms with Crippen LogP contribution in [0.3, 0.4) is 0 Å². The Hall–Kier alpha value is -4.81. The molecule has 1 atom stereocenters. The van der Waals surface area contributed by atoms with Crippen LogP contribution in [0.15, 0.2) is 77.9 Å². The number of carbonyl (C=O) groups excluding carboxylic acids is 2. The number of benzene rings is 2. The minimum atomic E-state index is -0.146. The number of ether oxygens (including phenoxy) is 1. The van der Waals surface area contributed by atoms with Crippen LogP contribution in [0.5, 0.6) is 5.88 Å². The van der Waals surface area contributed by atoms with Crippen LogP contribution in [0.1, 0.15) is 30.4 Å². The lowest BCUT2D eigenvalue weighted by molar-refractivity contribution is -0.121. The van der Waals surface area contributed by atoms with E-state index in [1.165, 1.54) is 4.40 Å². The Morgan fingerprint density at radius 2 is 1.67 bits per heavy atom. The number of rotatable bonds is 10. The number of hydrogen-bond acceptors (Lipinski definition) is 8. The first-order chi connectivity index (χ1) is 24.8. The van der Waals surface area contributed by atoms with E-state index in [-0.39, 0.29) is 23.4 Å². The van der Waals surface area contributed by atoms with Crippen molar-refractivity contribution in [3.05, 3.63) is 105 Å². The van der Waals surface area contributed by atoms with Gasteiger partial charge in [0, 0.05) is 98.4 Å². The normalized spacial score (nSPS) is 16.6. The number of fused-ring (bicyclic) bond motifs is 1. The fraction of sp³-hybridized carbons (Fsp3) is 0.289. The smallest absolute Gasteiger partial charge is 0.262 e. The van der Waals surface area contributed by atoms with Crippen molar-refractivity contribution in [1.29, 1.82) is 0 Å². The highest BCUT2D eigenvalue weighted by Crippen LogP contribution is 2.42. The summed E-state index contributed by atoms with van der Waals surface area (Å²) >= 11 is 14.2. The minimum absolute atomic E-state index is 0.0252. The maximum atomic E-state index is 13.4. The van der Waals surface area contributed by atoms with Crippen molar-refractivity contribution in [3.63, 3.8) is 0 Å². The molecule has 5 aromatic rings. The summed E-state index contributed by atoms with van der Waals surface area (Å²) in [6.07, 6.45) is 5.14. The molecule has 0 saturated carbocycles. The van der Waals surface area contributed by atoms with Crippen LogP contribution < -0.4 is 26.2 Å². The second-order valence-electron chi connectivity index (χ2n) is 12.7. The highest BCUT2D eigenvalue weighted by Gasteiger charge is 2.21. The van der Waals surface area contributed by atoms with Crippen molar-refractivity contribution in [3.8, 4) is 39.4 Å². The van der Waals surface area contributed by atoms with Gasteiger partial charge in [0.1, 0.15) is 5.65 Å². The van der Waals surface area contributed by atoms with Gasteiger partial charge in [-0.15, -0.1) is 0 Å². The summed E-state index contributed by atoms with van der Waals surface area (Å²) in [6.45, 7) is 3.45. The fourth-order valence-electron chi connectivity index (χ4n) is 6.64. The molecule has 7 rings (SSSR count). The van der Waals surface area contributed by atoms with E-state index < -0.39 is 0 Å². The number of carbonyl (C=O) groups is 2. The lowest BCUT2D eigenvalue weighted by atomic mass is 9.97. The zero-order chi connectivity index (χ0) is 35.5. The van der Waals surface area contributed by atoms with Gasteiger partial charge in [-0.3, -0.25) is 23.7 Å². The predicted molar refractivity (Wildman–Crippen MR) is 198 cm³/mol. The van der Waals surface area contributed by atoms with E-state index in [1.54, 1.807) is 19.5 Å². The van der Waals surface area contributed by atoms with Gasteiger partial charge < -0.3 is 20.7 Å². The van der Waals surface area contributed by atoms with E-state index in [1.807, 2.05) is 60.7 Å². The van der Waals surface area contributed by atoms with Gasteiger partial charge in [0.2, 0.25) is 17.7 Å². The maximum absolute atomic E-state index is 13.4. The number of nitrogens with one attached hydrogen (secondary N) is 3. The third kappa shape index (κ3) is 7.48. The standard InChI is InChI=1S/C38H37Cl2N7O4/c1-51-37-24(19-41-21-26-9-11-34(49)44-26)8-10-31(45-37)30-7-3-6-29(36(30)40)28-5-2-4-27(35(28)39)23-12-16-47-32(18-23)43-20-25(38(47)50)22-46-15-13-33(48)42-14-17-46/h2-8,10,12,16,18,20,26,41H,9,11,13-15,17,19,21-22H2,1H3,(H,42,48)(H,44,49). The molecule has 51 heavy (non-hydrogen) atoms. The molecule has 0 aliphatic carbocycles. The van der Waals surface area contributed by atoms with Crippen molar-refractivity contribution in [2.24, 2.45) is 0 Å². The van der Waals surface area contributed by atoms with Crippen LogP contribution >= 0.6 is 23.2 Å². The van der Waals surface area contributed by atoms with E-state index in [0.717, 1.165) is 39.8 Å². The first kappa shape index (κ1) is 34.6. The molecule has 3 N–H and O–H groups in total. The molecule has 0 bridgehead atoms. The van der Waals surface area contributed by atoms with E-state index in [2.05, 4.69) is 25.8 Å². The number of halogens is 2. The number of aromatic nitrogens is 3. The zero-order valence-corrected chi connectivity index (χ0v) is 29.6. The number of pyridine rings is 2. The van der Waals surface area contributed by atoms with Gasteiger partial charge in [0.15, 0.2) is 0 Å². The lowest BCUT2D eigenvalue weighted by Crippen LogP contribution is -2.35. The topological polar surface area (TPSA) is 130 Å². The first-order valence-corrected chi connectivity index (χ1v) is 17.7. The largest absolute Gasteiger partial charge is 0.481 e. The molecule has 13 heteroatoms. The van der Waals surface area contributed by atoms with Gasteiger partial charge in [-0.25, -0.2) is 9.97 Å². The summed E-state index contributed by atoms with van der Waals surface area (Å²) in [5.41, 5.74) is 6.27. The van der Waals surface area contributed by atoms with E-state index >= 15 is 0 Å². The average Bonchev–Trinajstić information content (AvgIpc) is 3.45. The van der Waals surface area contributed by atoms with Gasteiger partial charge in [-0.2, -0.15) is 0 Å². The van der Waals surface area contributed by atoms with Crippen molar-refractivity contribution in [2.75, 3.05) is 33.3 Å². The molecule has 2 aromatic carbocycles. The summed E-state index contributed by atoms with van der Waals surface area (Å²) in [5.74, 6) is 0.607. The Kier molecular flexibility index (Phi) is 10.3. The third-order valence-corrected chi connectivity index (χ3v) is 10.2. The molecule has 2 aliphatic rings. The Balaban J connectivity index is 1.13. The molecule has 5 heterocycles.